The molecule has 0 spiro atoms. The number of thioether (sulfide) groups is 1. The smallest absolute Gasteiger partial charge is 0.271 e. The lowest BCUT2D eigenvalue weighted by molar-refractivity contribution is 0.627. The molecule has 39 heavy (non-hydrogen) atoms. The number of benzene rings is 4. The van der Waals surface area contributed by atoms with Gasteiger partial charge in [-0.1, -0.05) is 90.6 Å². The maximum absolute atomic E-state index is 14.2. The number of anilines is 1. The van der Waals surface area contributed by atoms with E-state index in [-0.39, 0.29) is 11.4 Å². The van der Waals surface area contributed by atoms with E-state index in [1.165, 1.54) is 23.9 Å². The molecular weight excluding hydrogens is 509 g/mol. The average molecular weight is 534 g/mol. The summed E-state index contributed by atoms with van der Waals surface area (Å²) in [4.78, 5) is 19.2. The van der Waals surface area contributed by atoms with Crippen LogP contribution >= 0.6 is 11.8 Å². The van der Waals surface area contributed by atoms with Crippen LogP contribution in [0.25, 0.3) is 22.4 Å². The summed E-state index contributed by atoms with van der Waals surface area (Å²) in [6.45, 7) is 0.361. The number of rotatable bonds is 8. The van der Waals surface area contributed by atoms with E-state index < -0.39 is 0 Å². The third kappa shape index (κ3) is 5.19. The second-order valence-electron chi connectivity index (χ2n) is 8.92. The normalized spacial score (nSPS) is 11.1. The van der Waals surface area contributed by atoms with Gasteiger partial charge in [0, 0.05) is 12.3 Å². The Bertz CT molecular complexity index is 1770. The summed E-state index contributed by atoms with van der Waals surface area (Å²) < 4.78 is 16.8. The lowest BCUT2D eigenvalue weighted by Gasteiger charge is -2.15. The lowest BCUT2D eigenvalue weighted by atomic mass is 10.2. The van der Waals surface area contributed by atoms with Gasteiger partial charge in [-0.2, -0.15) is 10.1 Å². The molecule has 6 aromatic rings. The van der Waals surface area contributed by atoms with Crippen molar-refractivity contribution in [1.29, 1.82) is 0 Å². The van der Waals surface area contributed by atoms with Crippen LogP contribution in [0.2, 0.25) is 0 Å². The van der Waals surface area contributed by atoms with E-state index in [1.807, 2.05) is 78.9 Å². The van der Waals surface area contributed by atoms with E-state index >= 15 is 0 Å². The van der Waals surface area contributed by atoms with Crippen LogP contribution in [0.15, 0.2) is 125 Å². The Kier molecular flexibility index (Phi) is 6.93. The fraction of sp³-hybridized carbons (Fsp3) is 0.0645. The first kappa shape index (κ1) is 24.6. The van der Waals surface area contributed by atoms with Crippen LogP contribution in [0, 0.1) is 5.82 Å². The van der Waals surface area contributed by atoms with Gasteiger partial charge < -0.3 is 5.32 Å². The topological polar surface area (TPSA) is 64.7 Å². The van der Waals surface area contributed by atoms with Crippen molar-refractivity contribution in [2.24, 2.45) is 0 Å². The molecule has 2 heterocycles. The Morgan fingerprint density at radius 3 is 2.03 bits per heavy atom. The molecule has 8 heteroatoms. The van der Waals surface area contributed by atoms with Crippen molar-refractivity contribution in [3.05, 3.63) is 143 Å². The largest absolute Gasteiger partial charge is 0.351 e. The van der Waals surface area contributed by atoms with Gasteiger partial charge in [-0.25, -0.2) is 13.6 Å². The predicted octanol–water partition coefficient (Wildman–Crippen LogP) is 6.61. The Hall–Kier alpha value is -4.69. The summed E-state index contributed by atoms with van der Waals surface area (Å²) in [5.41, 5.74) is 3.74. The number of fused-ring (bicyclic) bond motifs is 1. The molecule has 0 saturated heterocycles. The molecule has 0 atom stereocenters. The third-order valence-electron chi connectivity index (χ3n) is 6.27. The summed E-state index contributed by atoms with van der Waals surface area (Å²) in [5.74, 6) is 0.739. The van der Waals surface area contributed by atoms with Gasteiger partial charge in [0.05, 0.1) is 11.4 Å². The molecule has 6 rings (SSSR count). The van der Waals surface area contributed by atoms with Crippen molar-refractivity contribution in [3.63, 3.8) is 0 Å². The predicted molar refractivity (Wildman–Crippen MR) is 154 cm³/mol. The van der Waals surface area contributed by atoms with E-state index in [0.717, 1.165) is 16.8 Å². The number of nitrogens with one attached hydrogen (secondary N) is 1. The molecule has 0 aliphatic carbocycles. The summed E-state index contributed by atoms with van der Waals surface area (Å²) in [5, 5.41) is 9.25. The Balaban J connectivity index is 1.52. The molecule has 0 aliphatic rings. The molecule has 0 unspecified atom stereocenters. The van der Waals surface area contributed by atoms with Crippen molar-refractivity contribution < 1.29 is 4.39 Å². The van der Waals surface area contributed by atoms with Gasteiger partial charge in [-0.3, -0.25) is 4.79 Å². The van der Waals surface area contributed by atoms with E-state index in [0.29, 0.717) is 40.0 Å². The van der Waals surface area contributed by atoms with Crippen LogP contribution in [-0.4, -0.2) is 19.3 Å². The first-order chi connectivity index (χ1) is 19.2. The molecule has 6 nitrogen and oxygen atoms in total. The molecule has 0 bridgehead atoms. The first-order valence-corrected chi connectivity index (χ1v) is 13.5. The minimum absolute atomic E-state index is 0.217. The van der Waals surface area contributed by atoms with E-state index in [9.17, 15) is 9.18 Å². The van der Waals surface area contributed by atoms with Crippen LogP contribution in [0.5, 0.6) is 0 Å². The van der Waals surface area contributed by atoms with Gasteiger partial charge in [-0.15, -0.1) is 0 Å². The zero-order valence-corrected chi connectivity index (χ0v) is 21.7. The second kappa shape index (κ2) is 11.0. The monoisotopic (exact) mass is 533 g/mol. The van der Waals surface area contributed by atoms with Crippen molar-refractivity contribution in [3.8, 4) is 11.4 Å². The molecule has 2 aromatic heterocycles. The fourth-order valence-corrected chi connectivity index (χ4v) is 5.29. The molecule has 4 aromatic carbocycles. The molecule has 0 fully saturated rings. The maximum Gasteiger partial charge on any atom is 0.271 e. The second-order valence-corrected chi connectivity index (χ2v) is 9.88. The third-order valence-corrected chi connectivity index (χ3v) is 7.30. The highest BCUT2D eigenvalue weighted by atomic mass is 32.2. The highest BCUT2D eigenvalue weighted by Crippen LogP contribution is 2.30. The quantitative estimate of drug-likeness (QED) is 0.223. The minimum Gasteiger partial charge on any atom is -0.351 e. The summed E-state index contributed by atoms with van der Waals surface area (Å²) in [6, 6.07) is 35.4. The Morgan fingerprint density at radius 2 is 1.36 bits per heavy atom. The first-order valence-electron chi connectivity index (χ1n) is 12.5. The highest BCUT2D eigenvalue weighted by molar-refractivity contribution is 7.98. The molecule has 0 radical (unpaired) electrons. The van der Waals surface area contributed by atoms with Gasteiger partial charge in [0.2, 0.25) is 5.95 Å². The molecule has 192 valence electrons. The number of hydrogen-bond donors (Lipinski definition) is 1. The van der Waals surface area contributed by atoms with Gasteiger partial charge in [0.15, 0.2) is 5.65 Å². The zero-order valence-electron chi connectivity index (χ0n) is 20.9. The SMILES string of the molecule is O=c1c2c(SCc3ccccc3)nn(-c3ccccc3)c2nc(NCc2ccc(F)cc2)n1-c1ccccc1. The van der Waals surface area contributed by atoms with E-state index in [2.05, 4.69) is 17.4 Å². The fourth-order valence-electron chi connectivity index (χ4n) is 4.33. The van der Waals surface area contributed by atoms with Gasteiger partial charge in [-0.05, 0) is 47.5 Å². The van der Waals surface area contributed by atoms with Gasteiger partial charge >= 0.3 is 0 Å². The maximum atomic E-state index is 14.2. The number of para-hydroxylation sites is 2. The zero-order chi connectivity index (χ0) is 26.6. The minimum atomic E-state index is -0.299. The lowest BCUT2D eigenvalue weighted by Crippen LogP contribution is -2.24. The Labute approximate surface area is 228 Å². The number of halogens is 1. The van der Waals surface area contributed by atoms with E-state index in [1.54, 1.807) is 21.4 Å². The van der Waals surface area contributed by atoms with Crippen LogP contribution < -0.4 is 10.9 Å². The highest BCUT2D eigenvalue weighted by Gasteiger charge is 2.22. The molecule has 0 amide bonds. The van der Waals surface area contributed by atoms with Crippen LogP contribution in [0.3, 0.4) is 0 Å². The van der Waals surface area contributed by atoms with Crippen LogP contribution in [-0.2, 0) is 12.3 Å². The molecular formula is C31H24FN5OS. The average Bonchev–Trinajstić information content (AvgIpc) is 3.36. The molecule has 0 saturated carbocycles. The standard InChI is InChI=1S/C31H24FN5OS/c32-24-18-16-22(17-19-24)20-33-31-34-28-27(30(38)36(31)25-12-6-2-7-13-25)29(39-21-23-10-4-1-5-11-23)35-37(28)26-14-8-3-9-15-26/h1-19H,20-21H2,(H,33,34). The van der Waals surface area contributed by atoms with Crippen molar-refractivity contribution in [2.75, 3.05) is 5.32 Å². The van der Waals surface area contributed by atoms with Crippen LogP contribution in [0.1, 0.15) is 11.1 Å². The Morgan fingerprint density at radius 1 is 0.744 bits per heavy atom. The summed E-state index contributed by atoms with van der Waals surface area (Å²) in [7, 11) is 0. The van der Waals surface area contributed by atoms with Crippen LogP contribution in [0.4, 0.5) is 10.3 Å². The van der Waals surface area contributed by atoms with Crippen molar-refractivity contribution in [1.82, 2.24) is 19.3 Å². The summed E-state index contributed by atoms with van der Waals surface area (Å²) >= 11 is 1.51. The van der Waals surface area contributed by atoms with Crippen molar-refractivity contribution >= 4 is 28.7 Å². The number of hydrogen-bond acceptors (Lipinski definition) is 5. The van der Waals surface area contributed by atoms with E-state index in [4.69, 9.17) is 10.1 Å². The number of nitrogens with zero attached hydrogens (tertiary/aromatic N) is 4. The molecule has 0 aliphatic heterocycles. The number of aromatic nitrogens is 4. The van der Waals surface area contributed by atoms with Crippen molar-refractivity contribution in [2.45, 2.75) is 17.3 Å². The summed E-state index contributed by atoms with van der Waals surface area (Å²) in [6.07, 6.45) is 0. The van der Waals surface area contributed by atoms with Gasteiger partial charge in [0.1, 0.15) is 16.2 Å². The molecule has 1 N–H and O–H groups in total. The van der Waals surface area contributed by atoms with Gasteiger partial charge in [0.25, 0.3) is 5.56 Å².